The fourth-order valence-electron chi connectivity index (χ4n) is 5.38. The van der Waals surface area contributed by atoms with E-state index in [4.69, 9.17) is 4.74 Å². The normalized spacial score (nSPS) is 11.3. The van der Waals surface area contributed by atoms with Crippen LogP contribution in [0.2, 0.25) is 0 Å². The third kappa shape index (κ3) is 15.5. The van der Waals surface area contributed by atoms with E-state index < -0.39 is 0 Å². The molecule has 0 bridgehead atoms. The molecule has 0 atom stereocenters. The maximum absolute atomic E-state index is 12.8. The molecule has 0 radical (unpaired) electrons. The first kappa shape index (κ1) is 35.5. The van der Waals surface area contributed by atoms with Crippen LogP contribution >= 0.6 is 0 Å². The second kappa shape index (κ2) is 23.8. The summed E-state index contributed by atoms with van der Waals surface area (Å²) in [5, 5.41) is 8.78. The van der Waals surface area contributed by atoms with Crippen LogP contribution in [0.3, 0.4) is 0 Å². The number of carbonyl (C=O) groups is 1. The van der Waals surface area contributed by atoms with Gasteiger partial charge in [0.15, 0.2) is 0 Å². The van der Waals surface area contributed by atoms with E-state index in [1.54, 1.807) is 6.07 Å². The average molecular weight is 578 g/mol. The Morgan fingerprint density at radius 3 is 1.62 bits per heavy atom. The number of unbranched alkanes of at least 4 members (excludes halogenated alkanes) is 15. The third-order valence-corrected chi connectivity index (χ3v) is 7.83. The fraction of sp³-hybridized carbons (Fsp3) is 0.649. The molecule has 0 fully saturated rings. The Morgan fingerprint density at radius 2 is 1.10 bits per heavy atom. The van der Waals surface area contributed by atoms with Gasteiger partial charge >= 0.3 is 5.97 Å². The number of azo groups is 1. The van der Waals surface area contributed by atoms with Crippen molar-refractivity contribution in [1.29, 1.82) is 0 Å². The molecule has 0 aliphatic rings. The van der Waals surface area contributed by atoms with Gasteiger partial charge in [-0.15, -0.1) is 5.11 Å². The molecule has 0 saturated heterocycles. The maximum atomic E-state index is 12.8. The molecule has 42 heavy (non-hydrogen) atoms. The van der Waals surface area contributed by atoms with Crippen LogP contribution in [0.5, 0.6) is 0 Å². The van der Waals surface area contributed by atoms with Crippen molar-refractivity contribution in [2.75, 3.05) is 24.6 Å². The van der Waals surface area contributed by atoms with E-state index in [-0.39, 0.29) is 5.97 Å². The zero-order valence-corrected chi connectivity index (χ0v) is 27.1. The van der Waals surface area contributed by atoms with E-state index in [1.165, 1.54) is 95.6 Å². The number of hydrogen-bond acceptors (Lipinski definition) is 5. The number of hydrogen-bond donors (Lipinski definition) is 0. The highest BCUT2D eigenvalue weighted by atomic mass is 16.5. The lowest BCUT2D eigenvalue weighted by Crippen LogP contribution is -2.24. The summed E-state index contributed by atoms with van der Waals surface area (Å²) in [4.78, 5) is 15.1. The number of carbonyl (C=O) groups excluding carboxylic acids is 1. The number of esters is 1. The van der Waals surface area contributed by atoms with Crippen LogP contribution in [-0.4, -0.2) is 25.7 Å². The summed E-state index contributed by atoms with van der Waals surface area (Å²) in [5.41, 5.74) is 2.97. The van der Waals surface area contributed by atoms with Gasteiger partial charge in [0, 0.05) is 18.8 Å². The van der Waals surface area contributed by atoms with Crippen molar-refractivity contribution in [3.05, 3.63) is 54.1 Å². The summed E-state index contributed by atoms with van der Waals surface area (Å²) >= 11 is 0. The Bertz CT molecular complexity index is 967. The van der Waals surface area contributed by atoms with Crippen LogP contribution in [0.1, 0.15) is 147 Å². The molecule has 5 nitrogen and oxygen atoms in total. The van der Waals surface area contributed by atoms with Gasteiger partial charge in [0.25, 0.3) is 0 Å². The quantitative estimate of drug-likeness (QED) is 0.0670. The number of ether oxygens (including phenoxy) is 1. The third-order valence-electron chi connectivity index (χ3n) is 7.83. The van der Waals surface area contributed by atoms with Crippen LogP contribution in [-0.2, 0) is 4.74 Å². The molecule has 0 saturated carbocycles. The summed E-state index contributed by atoms with van der Waals surface area (Å²) in [6.45, 7) is 9.23. The van der Waals surface area contributed by atoms with Crippen molar-refractivity contribution in [3.8, 4) is 0 Å². The van der Waals surface area contributed by atoms with Crippen LogP contribution in [0.4, 0.5) is 17.1 Å². The first-order valence-corrected chi connectivity index (χ1v) is 17.2. The van der Waals surface area contributed by atoms with Crippen molar-refractivity contribution in [1.82, 2.24) is 0 Å². The number of benzene rings is 2. The summed E-state index contributed by atoms with van der Waals surface area (Å²) in [6.07, 6.45) is 23.5. The monoisotopic (exact) mass is 577 g/mol. The molecule has 0 N–H and O–H groups in total. The number of anilines is 1. The molecule has 0 aliphatic heterocycles. The molecule has 2 rings (SSSR count). The molecule has 2 aromatic rings. The Morgan fingerprint density at radius 1 is 0.595 bits per heavy atom. The first-order valence-electron chi connectivity index (χ1n) is 17.2. The Kier molecular flexibility index (Phi) is 20.1. The number of rotatable bonds is 25. The molecular weight excluding hydrogens is 518 g/mol. The van der Waals surface area contributed by atoms with Crippen LogP contribution in [0, 0.1) is 0 Å². The molecule has 2 aromatic carbocycles. The summed E-state index contributed by atoms with van der Waals surface area (Å²) < 4.78 is 5.58. The SMILES string of the molecule is CCCCCCCCCCCCCCCCCCOC(=O)c1ccccc1N=Nc1ccc(N(CCC)CCC)cc1. The van der Waals surface area contributed by atoms with Gasteiger partial charge < -0.3 is 9.64 Å². The summed E-state index contributed by atoms with van der Waals surface area (Å²) in [7, 11) is 0. The lowest BCUT2D eigenvalue weighted by Gasteiger charge is -2.23. The van der Waals surface area contributed by atoms with Crippen molar-refractivity contribution in [3.63, 3.8) is 0 Å². The van der Waals surface area contributed by atoms with Crippen molar-refractivity contribution in [2.45, 2.75) is 136 Å². The number of nitrogens with zero attached hydrogens (tertiary/aromatic N) is 3. The van der Waals surface area contributed by atoms with Crippen LogP contribution < -0.4 is 4.90 Å². The van der Waals surface area contributed by atoms with Gasteiger partial charge in [-0.05, 0) is 55.7 Å². The molecule has 0 heterocycles. The first-order chi connectivity index (χ1) is 20.7. The molecule has 0 aliphatic carbocycles. The predicted molar refractivity (Wildman–Crippen MR) is 180 cm³/mol. The van der Waals surface area contributed by atoms with Crippen LogP contribution in [0.15, 0.2) is 58.8 Å². The van der Waals surface area contributed by atoms with E-state index in [1.807, 2.05) is 30.3 Å². The lowest BCUT2D eigenvalue weighted by molar-refractivity contribution is 0.0498. The molecular formula is C37H59N3O2. The van der Waals surface area contributed by atoms with Gasteiger partial charge in [-0.1, -0.05) is 129 Å². The molecule has 0 aromatic heterocycles. The molecule has 5 heteroatoms. The second-order valence-electron chi connectivity index (χ2n) is 11.7. The maximum Gasteiger partial charge on any atom is 0.340 e. The highest BCUT2D eigenvalue weighted by Gasteiger charge is 2.12. The summed E-state index contributed by atoms with van der Waals surface area (Å²) in [5.74, 6) is -0.323. The highest BCUT2D eigenvalue weighted by Crippen LogP contribution is 2.25. The zero-order valence-electron chi connectivity index (χ0n) is 27.1. The highest BCUT2D eigenvalue weighted by molar-refractivity contribution is 5.94. The van der Waals surface area contributed by atoms with E-state index >= 15 is 0 Å². The Balaban J connectivity index is 1.60. The zero-order chi connectivity index (χ0) is 30.1. The van der Waals surface area contributed by atoms with Gasteiger partial charge in [0.05, 0.1) is 17.9 Å². The van der Waals surface area contributed by atoms with Crippen molar-refractivity contribution < 1.29 is 9.53 Å². The van der Waals surface area contributed by atoms with E-state index in [0.29, 0.717) is 17.9 Å². The molecule has 0 amide bonds. The fourth-order valence-corrected chi connectivity index (χ4v) is 5.38. The average Bonchev–Trinajstić information content (AvgIpc) is 3.01. The molecule has 0 unspecified atom stereocenters. The topological polar surface area (TPSA) is 54.3 Å². The van der Waals surface area contributed by atoms with Gasteiger partial charge in [0.2, 0.25) is 0 Å². The molecule has 234 valence electrons. The predicted octanol–water partition coefficient (Wildman–Crippen LogP) is 12.1. The van der Waals surface area contributed by atoms with Gasteiger partial charge in [0.1, 0.15) is 5.69 Å². The van der Waals surface area contributed by atoms with Crippen molar-refractivity contribution in [2.24, 2.45) is 10.2 Å². The molecule has 0 spiro atoms. The van der Waals surface area contributed by atoms with Gasteiger partial charge in [-0.3, -0.25) is 0 Å². The Hall–Kier alpha value is -2.69. The second-order valence-corrected chi connectivity index (χ2v) is 11.7. The van der Waals surface area contributed by atoms with E-state index in [2.05, 4.69) is 48.0 Å². The lowest BCUT2D eigenvalue weighted by atomic mass is 10.0. The van der Waals surface area contributed by atoms with Crippen molar-refractivity contribution >= 4 is 23.0 Å². The minimum Gasteiger partial charge on any atom is -0.462 e. The standard InChI is InChI=1S/C37H59N3O2/c1-4-7-8-9-10-11-12-13-14-15-16-17-18-19-20-23-32-42-37(41)35-24-21-22-25-36(35)39-38-33-26-28-34(29-27-33)40(30-5-2)31-6-3/h21-22,24-29H,4-20,23,30-32H2,1-3H3. The van der Waals surface area contributed by atoms with Crippen LogP contribution in [0.25, 0.3) is 0 Å². The largest absolute Gasteiger partial charge is 0.462 e. The van der Waals surface area contributed by atoms with Gasteiger partial charge in [-0.25, -0.2) is 4.79 Å². The van der Waals surface area contributed by atoms with Gasteiger partial charge in [-0.2, -0.15) is 5.11 Å². The smallest absolute Gasteiger partial charge is 0.340 e. The minimum atomic E-state index is -0.323. The summed E-state index contributed by atoms with van der Waals surface area (Å²) in [6, 6.07) is 15.4. The van der Waals surface area contributed by atoms with E-state index in [9.17, 15) is 4.79 Å². The Labute approximate surface area is 257 Å². The van der Waals surface area contributed by atoms with E-state index in [0.717, 1.165) is 44.5 Å². The minimum absolute atomic E-state index is 0.323.